The van der Waals surface area contributed by atoms with Crippen molar-refractivity contribution in [2.75, 3.05) is 14.2 Å². The number of Topliss-reactive ketones (excluding diaryl/α,β-unsaturated/α-hetero) is 1. The number of carbonyl (C=O) groups is 2. The van der Waals surface area contributed by atoms with Gasteiger partial charge < -0.3 is 14.6 Å². The molecule has 0 aliphatic heterocycles. The fraction of sp³-hybridized carbons (Fsp3) is 0.385. The number of carbonyl (C=O) groups excluding carboxylic acids is 1. The van der Waals surface area contributed by atoms with Crippen molar-refractivity contribution in [2.45, 2.75) is 19.3 Å². The fourth-order valence-corrected chi connectivity index (χ4v) is 2.13. The summed E-state index contributed by atoms with van der Waals surface area (Å²) >= 11 is 3.32. The van der Waals surface area contributed by atoms with Crippen molar-refractivity contribution >= 4 is 27.7 Å². The molecule has 1 N–H and O–H groups in total. The predicted molar refractivity (Wildman–Crippen MR) is 73.1 cm³/mol. The van der Waals surface area contributed by atoms with E-state index in [1.54, 1.807) is 12.1 Å². The molecule has 0 aliphatic carbocycles. The quantitative estimate of drug-likeness (QED) is 0.778. The SMILES string of the molecule is COc1cc(C(=O)CCCC(=O)O)cc(OC)c1Br. The number of rotatable bonds is 7. The van der Waals surface area contributed by atoms with Gasteiger partial charge in [-0.25, -0.2) is 0 Å². The van der Waals surface area contributed by atoms with Crippen molar-refractivity contribution in [1.29, 1.82) is 0 Å². The Labute approximate surface area is 119 Å². The Hall–Kier alpha value is -1.56. The van der Waals surface area contributed by atoms with Crippen molar-refractivity contribution in [1.82, 2.24) is 0 Å². The lowest BCUT2D eigenvalue weighted by Crippen LogP contribution is -2.03. The van der Waals surface area contributed by atoms with E-state index in [0.29, 0.717) is 28.0 Å². The molecule has 19 heavy (non-hydrogen) atoms. The van der Waals surface area contributed by atoms with E-state index in [1.807, 2.05) is 0 Å². The average molecular weight is 331 g/mol. The number of benzene rings is 1. The number of hydrogen-bond donors (Lipinski definition) is 1. The van der Waals surface area contributed by atoms with Gasteiger partial charge in [0.05, 0.1) is 14.2 Å². The Balaban J connectivity index is 2.87. The maximum atomic E-state index is 12.0. The predicted octanol–water partition coefficient (Wildman–Crippen LogP) is 2.90. The first-order valence-electron chi connectivity index (χ1n) is 5.66. The van der Waals surface area contributed by atoms with E-state index in [1.165, 1.54) is 14.2 Å². The van der Waals surface area contributed by atoms with Crippen LogP contribution in [0.25, 0.3) is 0 Å². The van der Waals surface area contributed by atoms with Gasteiger partial charge in [0.2, 0.25) is 0 Å². The fourth-order valence-electron chi connectivity index (χ4n) is 1.57. The lowest BCUT2D eigenvalue weighted by molar-refractivity contribution is -0.137. The molecule has 6 heteroatoms. The molecular weight excluding hydrogens is 316 g/mol. The minimum Gasteiger partial charge on any atom is -0.495 e. The van der Waals surface area contributed by atoms with E-state index < -0.39 is 5.97 Å². The molecule has 0 heterocycles. The largest absolute Gasteiger partial charge is 0.495 e. The topological polar surface area (TPSA) is 72.8 Å². The lowest BCUT2D eigenvalue weighted by Gasteiger charge is -2.10. The third-order valence-corrected chi connectivity index (χ3v) is 3.34. The van der Waals surface area contributed by atoms with Gasteiger partial charge in [-0.15, -0.1) is 0 Å². The lowest BCUT2D eigenvalue weighted by atomic mass is 10.0. The molecule has 104 valence electrons. The molecule has 0 saturated heterocycles. The smallest absolute Gasteiger partial charge is 0.303 e. The zero-order valence-electron chi connectivity index (χ0n) is 10.7. The summed E-state index contributed by atoms with van der Waals surface area (Å²) in [6, 6.07) is 3.21. The summed E-state index contributed by atoms with van der Waals surface area (Å²) in [6.07, 6.45) is 0.478. The second-order valence-electron chi connectivity index (χ2n) is 3.87. The average Bonchev–Trinajstić information content (AvgIpc) is 2.38. The molecule has 0 saturated carbocycles. The minimum absolute atomic E-state index is 0.0173. The third-order valence-electron chi connectivity index (χ3n) is 2.56. The first-order chi connectivity index (χ1) is 8.99. The van der Waals surface area contributed by atoms with Crippen molar-refractivity contribution < 1.29 is 24.2 Å². The molecule has 0 atom stereocenters. The van der Waals surface area contributed by atoms with Crippen LogP contribution in [0.3, 0.4) is 0 Å². The van der Waals surface area contributed by atoms with Crippen LogP contribution in [0.15, 0.2) is 16.6 Å². The van der Waals surface area contributed by atoms with Gasteiger partial charge in [0.25, 0.3) is 0 Å². The summed E-state index contributed by atoms with van der Waals surface area (Å²) in [6.45, 7) is 0. The Morgan fingerprint density at radius 1 is 1.16 bits per heavy atom. The molecule has 0 amide bonds. The summed E-state index contributed by atoms with van der Waals surface area (Å²) in [7, 11) is 3.00. The van der Waals surface area contributed by atoms with Crippen LogP contribution in [0.1, 0.15) is 29.6 Å². The zero-order valence-corrected chi connectivity index (χ0v) is 12.3. The highest BCUT2D eigenvalue weighted by Crippen LogP contribution is 2.35. The highest BCUT2D eigenvalue weighted by molar-refractivity contribution is 9.10. The first kappa shape index (κ1) is 15.5. The maximum absolute atomic E-state index is 12.0. The van der Waals surface area contributed by atoms with Gasteiger partial charge in [-0.1, -0.05) is 0 Å². The van der Waals surface area contributed by atoms with Gasteiger partial charge in [0, 0.05) is 18.4 Å². The summed E-state index contributed by atoms with van der Waals surface area (Å²) in [5, 5.41) is 8.54. The Morgan fingerprint density at radius 2 is 1.68 bits per heavy atom. The normalized spacial score (nSPS) is 10.1. The van der Waals surface area contributed by atoms with Crippen LogP contribution in [0.5, 0.6) is 11.5 Å². The second kappa shape index (κ2) is 7.13. The summed E-state index contributed by atoms with van der Waals surface area (Å²) < 4.78 is 10.9. The van der Waals surface area contributed by atoms with Gasteiger partial charge in [-0.05, 0) is 34.5 Å². The number of halogens is 1. The number of carboxylic acid groups (broad SMARTS) is 1. The molecule has 5 nitrogen and oxygen atoms in total. The summed E-state index contributed by atoms with van der Waals surface area (Å²) in [4.78, 5) is 22.4. The van der Waals surface area contributed by atoms with Crippen LogP contribution in [0.2, 0.25) is 0 Å². The van der Waals surface area contributed by atoms with E-state index in [0.717, 1.165) is 0 Å². The first-order valence-corrected chi connectivity index (χ1v) is 6.45. The summed E-state index contributed by atoms with van der Waals surface area (Å²) in [5.41, 5.74) is 0.447. The number of ketones is 1. The highest BCUT2D eigenvalue weighted by Gasteiger charge is 2.14. The zero-order chi connectivity index (χ0) is 14.4. The van der Waals surface area contributed by atoms with Crippen LogP contribution in [0.4, 0.5) is 0 Å². The molecule has 0 spiro atoms. The van der Waals surface area contributed by atoms with E-state index in [9.17, 15) is 9.59 Å². The Kier molecular flexibility index (Phi) is 5.82. The van der Waals surface area contributed by atoms with Crippen LogP contribution >= 0.6 is 15.9 Å². The molecule has 1 rings (SSSR count). The molecule has 0 radical (unpaired) electrons. The molecule has 0 aliphatic rings. The van der Waals surface area contributed by atoms with Crippen molar-refractivity contribution in [3.8, 4) is 11.5 Å². The van der Waals surface area contributed by atoms with Gasteiger partial charge in [-0.3, -0.25) is 9.59 Å². The molecule has 0 fully saturated rings. The standard InChI is InChI=1S/C13H15BrO5/c1-18-10-6-8(7-11(19-2)13(10)14)9(15)4-3-5-12(16)17/h6-7H,3-5H2,1-2H3,(H,16,17). The molecule has 0 aromatic heterocycles. The van der Waals surface area contributed by atoms with E-state index in [-0.39, 0.29) is 18.6 Å². The van der Waals surface area contributed by atoms with Crippen LogP contribution in [-0.2, 0) is 4.79 Å². The van der Waals surface area contributed by atoms with Gasteiger partial charge in [0.15, 0.2) is 5.78 Å². The van der Waals surface area contributed by atoms with Crippen LogP contribution in [-0.4, -0.2) is 31.1 Å². The van der Waals surface area contributed by atoms with E-state index >= 15 is 0 Å². The van der Waals surface area contributed by atoms with Crippen LogP contribution in [0, 0.1) is 0 Å². The number of aliphatic carboxylic acids is 1. The second-order valence-corrected chi connectivity index (χ2v) is 4.66. The summed E-state index contributed by atoms with van der Waals surface area (Å²) in [5.74, 6) is -0.0361. The van der Waals surface area contributed by atoms with Gasteiger partial charge in [-0.2, -0.15) is 0 Å². The molecule has 0 bridgehead atoms. The number of hydrogen-bond acceptors (Lipinski definition) is 4. The van der Waals surface area contributed by atoms with Crippen molar-refractivity contribution in [3.63, 3.8) is 0 Å². The number of methoxy groups -OCH3 is 2. The molecule has 1 aromatic rings. The van der Waals surface area contributed by atoms with Gasteiger partial charge in [0.1, 0.15) is 16.0 Å². The highest BCUT2D eigenvalue weighted by atomic mass is 79.9. The molecular formula is C13H15BrO5. The Bertz CT molecular complexity index is 459. The van der Waals surface area contributed by atoms with E-state index in [4.69, 9.17) is 14.6 Å². The maximum Gasteiger partial charge on any atom is 0.303 e. The number of carboxylic acids is 1. The van der Waals surface area contributed by atoms with Gasteiger partial charge >= 0.3 is 5.97 Å². The molecule has 1 aromatic carbocycles. The Morgan fingerprint density at radius 3 is 2.11 bits per heavy atom. The van der Waals surface area contributed by atoms with Crippen molar-refractivity contribution in [3.05, 3.63) is 22.2 Å². The van der Waals surface area contributed by atoms with Crippen LogP contribution < -0.4 is 9.47 Å². The third kappa shape index (κ3) is 4.24. The monoisotopic (exact) mass is 330 g/mol. The van der Waals surface area contributed by atoms with Crippen molar-refractivity contribution in [2.24, 2.45) is 0 Å². The molecule has 0 unspecified atom stereocenters. The minimum atomic E-state index is -0.904. The van der Waals surface area contributed by atoms with E-state index in [2.05, 4.69) is 15.9 Å². The number of ether oxygens (including phenoxy) is 2.